The summed E-state index contributed by atoms with van der Waals surface area (Å²) in [7, 11) is 0. The lowest BCUT2D eigenvalue weighted by Crippen LogP contribution is -2.47. The number of hydrogen-bond acceptors (Lipinski definition) is 2. The molecule has 0 amide bonds. The first-order valence-corrected chi connectivity index (χ1v) is 4.31. The highest BCUT2D eigenvalue weighted by atomic mass is 16.3. The summed E-state index contributed by atoms with van der Waals surface area (Å²) in [5.41, 5.74) is -0.105. The molecule has 3 atom stereocenters. The smallest absolute Gasteiger partial charge is 0.0852 e. The van der Waals surface area contributed by atoms with Crippen LogP contribution in [0.4, 0.5) is 0 Å². The summed E-state index contributed by atoms with van der Waals surface area (Å²) in [5, 5.41) is 19.2. The Balaban J connectivity index is 2.67. The fourth-order valence-corrected chi connectivity index (χ4v) is 1.69. The van der Waals surface area contributed by atoms with Crippen molar-refractivity contribution in [2.45, 2.75) is 45.8 Å². The molecule has 0 aromatic carbocycles. The summed E-state index contributed by atoms with van der Waals surface area (Å²) >= 11 is 0. The molecule has 1 aliphatic carbocycles. The lowest BCUT2D eigenvalue weighted by Gasteiger charge is -2.41. The Bertz CT molecular complexity index is 142. The number of aliphatic hydroxyl groups excluding tert-OH is 2. The van der Waals surface area contributed by atoms with Gasteiger partial charge in [-0.05, 0) is 24.2 Å². The van der Waals surface area contributed by atoms with E-state index in [1.165, 1.54) is 0 Å². The highest BCUT2D eigenvalue weighted by molar-refractivity contribution is 4.90. The predicted octanol–water partition coefficient (Wildman–Crippen LogP) is 1.16. The minimum atomic E-state index is -0.550. The molecular formula is C9H18O2. The normalized spacial score (nSPS) is 43.9. The van der Waals surface area contributed by atoms with Crippen molar-refractivity contribution in [1.82, 2.24) is 0 Å². The van der Waals surface area contributed by atoms with Crippen LogP contribution in [0.1, 0.15) is 33.6 Å². The second kappa shape index (κ2) is 2.76. The summed E-state index contributed by atoms with van der Waals surface area (Å²) in [6.07, 6.45) is 0.947. The third-order valence-electron chi connectivity index (χ3n) is 2.95. The van der Waals surface area contributed by atoms with Gasteiger partial charge in [0.2, 0.25) is 0 Å². The first kappa shape index (κ1) is 9.01. The van der Waals surface area contributed by atoms with Gasteiger partial charge in [0.05, 0.1) is 12.2 Å². The van der Waals surface area contributed by atoms with E-state index < -0.39 is 12.2 Å². The Kier molecular flexibility index (Phi) is 2.26. The van der Waals surface area contributed by atoms with Crippen molar-refractivity contribution in [2.24, 2.45) is 11.3 Å². The third kappa shape index (κ3) is 1.57. The van der Waals surface area contributed by atoms with Gasteiger partial charge in [-0.25, -0.2) is 0 Å². The van der Waals surface area contributed by atoms with Crippen LogP contribution >= 0.6 is 0 Å². The molecule has 0 aromatic rings. The number of hydrogen-bond donors (Lipinski definition) is 2. The third-order valence-corrected chi connectivity index (χ3v) is 2.95. The Hall–Kier alpha value is -0.0800. The molecule has 11 heavy (non-hydrogen) atoms. The van der Waals surface area contributed by atoms with Crippen LogP contribution in [-0.2, 0) is 0 Å². The van der Waals surface area contributed by atoms with Crippen molar-refractivity contribution >= 4 is 0 Å². The Morgan fingerprint density at radius 3 is 2.27 bits per heavy atom. The Morgan fingerprint density at radius 2 is 1.82 bits per heavy atom. The minimum absolute atomic E-state index is 0.105. The molecule has 1 fully saturated rings. The van der Waals surface area contributed by atoms with Crippen molar-refractivity contribution in [2.75, 3.05) is 0 Å². The molecule has 0 saturated heterocycles. The van der Waals surface area contributed by atoms with Crippen LogP contribution in [0.15, 0.2) is 0 Å². The SMILES string of the molecule is C[C@H]1CCC(C)(C)[C@H](O)[C@@H]1O. The van der Waals surface area contributed by atoms with Crippen LogP contribution in [0.2, 0.25) is 0 Å². The lowest BCUT2D eigenvalue weighted by atomic mass is 9.70. The van der Waals surface area contributed by atoms with Gasteiger partial charge in [0.15, 0.2) is 0 Å². The van der Waals surface area contributed by atoms with Gasteiger partial charge in [-0.1, -0.05) is 20.8 Å². The van der Waals surface area contributed by atoms with E-state index in [-0.39, 0.29) is 11.3 Å². The topological polar surface area (TPSA) is 40.5 Å². The molecule has 0 aliphatic heterocycles. The fraction of sp³-hybridized carbons (Fsp3) is 1.00. The molecule has 0 radical (unpaired) electrons. The summed E-state index contributed by atoms with van der Waals surface area (Å²) in [4.78, 5) is 0. The van der Waals surface area contributed by atoms with Crippen molar-refractivity contribution in [3.63, 3.8) is 0 Å². The number of rotatable bonds is 0. The summed E-state index contributed by atoms with van der Waals surface area (Å²) in [5.74, 6) is 0.248. The van der Waals surface area contributed by atoms with E-state index >= 15 is 0 Å². The zero-order valence-electron chi connectivity index (χ0n) is 7.54. The Morgan fingerprint density at radius 1 is 1.27 bits per heavy atom. The van der Waals surface area contributed by atoms with Crippen LogP contribution in [0.3, 0.4) is 0 Å². The zero-order chi connectivity index (χ0) is 8.65. The van der Waals surface area contributed by atoms with Crippen molar-refractivity contribution in [1.29, 1.82) is 0 Å². The van der Waals surface area contributed by atoms with E-state index in [4.69, 9.17) is 0 Å². The van der Waals surface area contributed by atoms with Gasteiger partial charge in [-0.15, -0.1) is 0 Å². The Labute approximate surface area is 68.2 Å². The van der Waals surface area contributed by atoms with Crippen LogP contribution in [0, 0.1) is 11.3 Å². The second-order valence-electron chi connectivity index (χ2n) is 4.44. The summed E-state index contributed by atoms with van der Waals surface area (Å²) < 4.78 is 0. The molecule has 2 heteroatoms. The fourth-order valence-electron chi connectivity index (χ4n) is 1.69. The van der Waals surface area contributed by atoms with Crippen molar-refractivity contribution < 1.29 is 10.2 Å². The average molecular weight is 158 g/mol. The van der Waals surface area contributed by atoms with Crippen LogP contribution < -0.4 is 0 Å². The molecule has 2 N–H and O–H groups in total. The maximum Gasteiger partial charge on any atom is 0.0852 e. The van der Waals surface area contributed by atoms with E-state index in [1.807, 2.05) is 20.8 Å². The summed E-state index contributed by atoms with van der Waals surface area (Å²) in [6.45, 7) is 6.00. The standard InChI is InChI=1S/C9H18O2/c1-6-4-5-9(2,3)8(11)7(6)10/h6-8,10-11H,4-5H2,1-3H3/t6-,7+,8+/m0/s1. The minimum Gasteiger partial charge on any atom is -0.390 e. The highest BCUT2D eigenvalue weighted by Gasteiger charge is 2.40. The van der Waals surface area contributed by atoms with Gasteiger partial charge in [-0.3, -0.25) is 0 Å². The summed E-state index contributed by atoms with van der Waals surface area (Å²) in [6, 6.07) is 0. The van der Waals surface area contributed by atoms with E-state index in [1.54, 1.807) is 0 Å². The van der Waals surface area contributed by atoms with Gasteiger partial charge in [0, 0.05) is 0 Å². The monoisotopic (exact) mass is 158 g/mol. The molecule has 66 valence electrons. The van der Waals surface area contributed by atoms with E-state index in [9.17, 15) is 10.2 Å². The molecule has 0 aromatic heterocycles. The molecular weight excluding hydrogens is 140 g/mol. The molecule has 1 saturated carbocycles. The van der Waals surface area contributed by atoms with E-state index in [0.717, 1.165) is 12.8 Å². The maximum absolute atomic E-state index is 9.63. The van der Waals surface area contributed by atoms with Crippen molar-refractivity contribution in [3.8, 4) is 0 Å². The molecule has 0 heterocycles. The quantitative estimate of drug-likeness (QED) is 0.555. The number of aliphatic hydroxyl groups is 2. The largest absolute Gasteiger partial charge is 0.390 e. The van der Waals surface area contributed by atoms with Gasteiger partial charge >= 0.3 is 0 Å². The van der Waals surface area contributed by atoms with Gasteiger partial charge < -0.3 is 10.2 Å². The van der Waals surface area contributed by atoms with Crippen LogP contribution in [0.25, 0.3) is 0 Å². The average Bonchev–Trinajstić information content (AvgIpc) is 1.95. The predicted molar refractivity (Wildman–Crippen MR) is 44.2 cm³/mol. The molecule has 2 nitrogen and oxygen atoms in total. The zero-order valence-corrected chi connectivity index (χ0v) is 7.54. The van der Waals surface area contributed by atoms with Crippen LogP contribution in [-0.4, -0.2) is 22.4 Å². The van der Waals surface area contributed by atoms with Gasteiger partial charge in [0.1, 0.15) is 0 Å². The highest BCUT2D eigenvalue weighted by Crippen LogP contribution is 2.38. The second-order valence-corrected chi connectivity index (χ2v) is 4.44. The van der Waals surface area contributed by atoms with E-state index in [2.05, 4.69) is 0 Å². The first-order valence-electron chi connectivity index (χ1n) is 4.31. The first-order chi connectivity index (χ1) is 4.95. The van der Waals surface area contributed by atoms with Crippen molar-refractivity contribution in [3.05, 3.63) is 0 Å². The lowest BCUT2D eigenvalue weighted by molar-refractivity contribution is -0.105. The molecule has 1 aliphatic rings. The molecule has 1 rings (SSSR count). The van der Waals surface area contributed by atoms with Gasteiger partial charge in [0.25, 0.3) is 0 Å². The van der Waals surface area contributed by atoms with Crippen LogP contribution in [0.5, 0.6) is 0 Å². The van der Waals surface area contributed by atoms with Gasteiger partial charge in [-0.2, -0.15) is 0 Å². The molecule has 0 spiro atoms. The van der Waals surface area contributed by atoms with E-state index in [0.29, 0.717) is 0 Å². The maximum atomic E-state index is 9.63. The molecule has 0 bridgehead atoms. The molecule has 0 unspecified atom stereocenters.